The van der Waals surface area contributed by atoms with Crippen LogP contribution in [-0.4, -0.2) is 30.6 Å². The summed E-state index contributed by atoms with van der Waals surface area (Å²) in [5, 5.41) is 4.76. The first kappa shape index (κ1) is 20.5. The van der Waals surface area contributed by atoms with Crippen LogP contribution in [0.4, 0.5) is 0 Å². The third-order valence-electron chi connectivity index (χ3n) is 5.19. The predicted octanol–water partition coefficient (Wildman–Crippen LogP) is 5.45. The van der Waals surface area contributed by atoms with Crippen LogP contribution < -0.4 is 10.1 Å². The highest BCUT2D eigenvalue weighted by Gasteiger charge is 2.22. The van der Waals surface area contributed by atoms with Crippen LogP contribution in [0.15, 0.2) is 36.4 Å². The quantitative estimate of drug-likeness (QED) is 0.629. The normalized spacial score (nSPS) is 17.4. The molecule has 3 rings (SSSR count). The lowest BCUT2D eigenvalue weighted by atomic mass is 10.1. The Balaban J connectivity index is 1.64. The average Bonchev–Trinajstić information content (AvgIpc) is 3.10. The van der Waals surface area contributed by atoms with Crippen molar-refractivity contribution in [1.29, 1.82) is 0 Å². The highest BCUT2D eigenvalue weighted by Crippen LogP contribution is 2.33. The molecule has 1 saturated heterocycles. The van der Waals surface area contributed by atoms with E-state index in [1.807, 2.05) is 6.07 Å². The molecule has 2 aromatic rings. The number of nitrogens with zero attached hydrogens (tertiary/aromatic N) is 1. The molecule has 0 radical (unpaired) electrons. The summed E-state index contributed by atoms with van der Waals surface area (Å²) in [6.07, 6.45) is 2.54. The molecule has 1 aliphatic heterocycles. The van der Waals surface area contributed by atoms with Crippen molar-refractivity contribution in [2.24, 2.45) is 0 Å². The summed E-state index contributed by atoms with van der Waals surface area (Å²) in [5.41, 5.74) is 3.36. The fourth-order valence-electron chi connectivity index (χ4n) is 3.66. The molecule has 5 heteroatoms. The number of benzene rings is 2. The molecule has 2 aromatic carbocycles. The Labute approximate surface area is 172 Å². The lowest BCUT2D eigenvalue weighted by molar-refractivity contribution is 0.259. The molecule has 0 aliphatic carbocycles. The Hall–Kier alpha value is -1.26. The first-order chi connectivity index (χ1) is 13.1. The van der Waals surface area contributed by atoms with Gasteiger partial charge in [-0.3, -0.25) is 4.90 Å². The van der Waals surface area contributed by atoms with Gasteiger partial charge in [0.15, 0.2) is 0 Å². The molecule has 1 heterocycles. The first-order valence-electron chi connectivity index (χ1n) is 9.68. The smallest absolute Gasteiger partial charge is 0.142 e. The van der Waals surface area contributed by atoms with E-state index in [1.165, 1.54) is 24.9 Å². The second-order valence-corrected chi connectivity index (χ2v) is 8.05. The molecular formula is C22H28Cl2N2O. The zero-order valence-electron chi connectivity index (χ0n) is 16.1. The van der Waals surface area contributed by atoms with E-state index in [-0.39, 0.29) is 0 Å². The second kappa shape index (κ2) is 9.79. The van der Waals surface area contributed by atoms with Gasteiger partial charge in [-0.25, -0.2) is 0 Å². The van der Waals surface area contributed by atoms with Gasteiger partial charge < -0.3 is 10.1 Å². The van der Waals surface area contributed by atoms with Gasteiger partial charge in [-0.15, -0.1) is 0 Å². The molecule has 0 amide bonds. The van der Waals surface area contributed by atoms with Crippen LogP contribution in [-0.2, 0) is 13.2 Å². The predicted molar refractivity (Wildman–Crippen MR) is 114 cm³/mol. The van der Waals surface area contributed by atoms with Crippen molar-refractivity contribution in [3.63, 3.8) is 0 Å². The SMILES string of the molecule is CCN1CCC[C@@H]1CNCc1cc(Cl)cc(Cl)c1OCc1ccc(C)cc1. The fourth-order valence-corrected chi connectivity index (χ4v) is 4.25. The Bertz CT molecular complexity index is 749. The number of hydrogen-bond donors (Lipinski definition) is 1. The minimum atomic E-state index is 0.487. The molecule has 27 heavy (non-hydrogen) atoms. The molecule has 0 bridgehead atoms. The number of ether oxygens (including phenoxy) is 1. The first-order valence-corrected chi connectivity index (χ1v) is 10.4. The average molecular weight is 407 g/mol. The summed E-state index contributed by atoms with van der Waals surface area (Å²) in [7, 11) is 0. The molecule has 0 saturated carbocycles. The minimum Gasteiger partial charge on any atom is -0.487 e. The van der Waals surface area contributed by atoms with Crippen molar-refractivity contribution in [2.75, 3.05) is 19.6 Å². The van der Waals surface area contributed by atoms with E-state index in [0.717, 1.165) is 24.2 Å². The van der Waals surface area contributed by atoms with E-state index >= 15 is 0 Å². The van der Waals surface area contributed by atoms with Crippen molar-refractivity contribution in [1.82, 2.24) is 10.2 Å². The lowest BCUT2D eigenvalue weighted by Gasteiger charge is -2.23. The number of halogens is 2. The maximum Gasteiger partial charge on any atom is 0.142 e. The van der Waals surface area contributed by atoms with E-state index in [2.05, 4.69) is 48.3 Å². The third kappa shape index (κ3) is 5.61. The zero-order chi connectivity index (χ0) is 19.2. The summed E-state index contributed by atoms with van der Waals surface area (Å²) in [6, 6.07) is 12.6. The van der Waals surface area contributed by atoms with Gasteiger partial charge in [-0.2, -0.15) is 0 Å². The molecule has 0 spiro atoms. The Morgan fingerprint density at radius 3 is 2.70 bits per heavy atom. The molecule has 0 unspecified atom stereocenters. The Morgan fingerprint density at radius 1 is 1.19 bits per heavy atom. The maximum absolute atomic E-state index is 6.43. The van der Waals surface area contributed by atoms with Gasteiger partial charge in [0.05, 0.1) is 5.02 Å². The number of hydrogen-bond acceptors (Lipinski definition) is 3. The number of nitrogens with one attached hydrogen (secondary N) is 1. The van der Waals surface area contributed by atoms with Gasteiger partial charge in [0, 0.05) is 29.7 Å². The Morgan fingerprint density at radius 2 is 1.96 bits per heavy atom. The molecule has 1 atom stereocenters. The highest BCUT2D eigenvalue weighted by molar-refractivity contribution is 6.35. The second-order valence-electron chi connectivity index (χ2n) is 7.21. The van der Waals surface area contributed by atoms with Crippen molar-refractivity contribution in [2.45, 2.75) is 45.9 Å². The van der Waals surface area contributed by atoms with Gasteiger partial charge in [0.2, 0.25) is 0 Å². The van der Waals surface area contributed by atoms with Gasteiger partial charge in [0.25, 0.3) is 0 Å². The molecule has 1 N–H and O–H groups in total. The lowest BCUT2D eigenvalue weighted by Crippen LogP contribution is -2.37. The van der Waals surface area contributed by atoms with Gasteiger partial charge in [-0.1, -0.05) is 60.0 Å². The van der Waals surface area contributed by atoms with E-state index in [4.69, 9.17) is 27.9 Å². The van der Waals surface area contributed by atoms with Crippen LogP contribution in [0.1, 0.15) is 36.5 Å². The Kier molecular flexibility index (Phi) is 7.42. The van der Waals surface area contributed by atoms with E-state index in [0.29, 0.717) is 35.0 Å². The van der Waals surface area contributed by atoms with Gasteiger partial charge in [-0.05, 0) is 50.6 Å². The van der Waals surface area contributed by atoms with Crippen LogP contribution in [0, 0.1) is 6.92 Å². The number of likely N-dealkylation sites (N-methyl/N-ethyl adjacent to an activating group) is 1. The molecule has 146 valence electrons. The topological polar surface area (TPSA) is 24.5 Å². The van der Waals surface area contributed by atoms with Crippen LogP contribution in [0.3, 0.4) is 0 Å². The summed E-state index contributed by atoms with van der Waals surface area (Å²) in [5.74, 6) is 0.716. The molecule has 1 aliphatic rings. The number of aryl methyl sites for hydroxylation is 1. The molecule has 3 nitrogen and oxygen atoms in total. The minimum absolute atomic E-state index is 0.487. The monoisotopic (exact) mass is 406 g/mol. The standard InChI is InChI=1S/C22H28Cl2N2O/c1-3-26-10-4-5-20(26)14-25-13-18-11-19(23)12-21(24)22(18)27-15-17-8-6-16(2)7-9-17/h6-9,11-12,20,25H,3-5,10,13-15H2,1-2H3/t20-/m1/s1. The van der Waals surface area contributed by atoms with Crippen LogP contribution in [0.25, 0.3) is 0 Å². The van der Waals surface area contributed by atoms with E-state index < -0.39 is 0 Å². The van der Waals surface area contributed by atoms with Gasteiger partial charge >= 0.3 is 0 Å². The fraction of sp³-hybridized carbons (Fsp3) is 0.455. The highest BCUT2D eigenvalue weighted by atomic mass is 35.5. The summed E-state index contributed by atoms with van der Waals surface area (Å²) in [4.78, 5) is 2.53. The van der Waals surface area contributed by atoms with Crippen molar-refractivity contribution >= 4 is 23.2 Å². The van der Waals surface area contributed by atoms with E-state index in [1.54, 1.807) is 6.07 Å². The summed E-state index contributed by atoms with van der Waals surface area (Å²) >= 11 is 12.7. The molecule has 1 fully saturated rings. The number of likely N-dealkylation sites (tertiary alicyclic amines) is 1. The maximum atomic E-state index is 6.43. The van der Waals surface area contributed by atoms with Crippen molar-refractivity contribution in [3.8, 4) is 5.75 Å². The van der Waals surface area contributed by atoms with Crippen molar-refractivity contribution < 1.29 is 4.74 Å². The van der Waals surface area contributed by atoms with Crippen LogP contribution in [0.2, 0.25) is 10.0 Å². The molecule has 0 aromatic heterocycles. The van der Waals surface area contributed by atoms with E-state index in [9.17, 15) is 0 Å². The summed E-state index contributed by atoms with van der Waals surface area (Å²) in [6.45, 7) is 8.77. The number of rotatable bonds is 8. The summed E-state index contributed by atoms with van der Waals surface area (Å²) < 4.78 is 6.07. The van der Waals surface area contributed by atoms with Crippen molar-refractivity contribution in [3.05, 3.63) is 63.1 Å². The zero-order valence-corrected chi connectivity index (χ0v) is 17.6. The largest absolute Gasteiger partial charge is 0.487 e. The van der Waals surface area contributed by atoms with Gasteiger partial charge in [0.1, 0.15) is 12.4 Å². The van der Waals surface area contributed by atoms with Crippen LogP contribution >= 0.6 is 23.2 Å². The third-order valence-corrected chi connectivity index (χ3v) is 5.69. The molecular weight excluding hydrogens is 379 g/mol. The van der Waals surface area contributed by atoms with Crippen LogP contribution in [0.5, 0.6) is 5.75 Å².